The van der Waals surface area contributed by atoms with Crippen molar-refractivity contribution in [3.8, 4) is 0 Å². The average Bonchev–Trinajstić information content (AvgIpc) is 3.16. The molecule has 2 fully saturated rings. The second-order valence-electron chi connectivity index (χ2n) is 11.3. The number of rotatable bonds is 7. The summed E-state index contributed by atoms with van der Waals surface area (Å²) >= 11 is 0. The van der Waals surface area contributed by atoms with Crippen LogP contribution in [0.3, 0.4) is 0 Å². The lowest BCUT2D eigenvalue weighted by Gasteiger charge is -2.54. The smallest absolute Gasteiger partial charge is 0.331 e. The zero-order valence-electron chi connectivity index (χ0n) is 21.7. The molecule has 198 valence electrons. The predicted molar refractivity (Wildman–Crippen MR) is 137 cm³/mol. The summed E-state index contributed by atoms with van der Waals surface area (Å²) in [6.45, 7) is 4.92. The van der Waals surface area contributed by atoms with Crippen LogP contribution in [0.1, 0.15) is 64.9 Å². The van der Waals surface area contributed by atoms with Gasteiger partial charge in [0.2, 0.25) is 0 Å². The molecule has 0 unspecified atom stereocenters. The van der Waals surface area contributed by atoms with Gasteiger partial charge in [0.25, 0.3) is 0 Å². The molecule has 4 rings (SSSR count). The Balaban J connectivity index is 1.69. The maximum Gasteiger partial charge on any atom is 0.331 e. The first-order valence-electron chi connectivity index (χ1n) is 13.0. The Hall–Kier alpha value is -2.90. The van der Waals surface area contributed by atoms with Crippen molar-refractivity contribution in [1.29, 1.82) is 0 Å². The van der Waals surface area contributed by atoms with Crippen molar-refractivity contribution in [2.45, 2.75) is 77.1 Å². The van der Waals surface area contributed by atoms with Crippen LogP contribution >= 0.6 is 0 Å². The zero-order chi connectivity index (χ0) is 27.0. The van der Waals surface area contributed by atoms with Crippen LogP contribution in [-0.4, -0.2) is 51.3 Å². The van der Waals surface area contributed by atoms with E-state index >= 15 is 0 Å². The predicted octanol–water partition coefficient (Wildman–Crippen LogP) is 3.61. The summed E-state index contributed by atoms with van der Waals surface area (Å²) in [6, 6.07) is 9.22. The SMILES string of the molecule is CC(=O)[C@H]1CCC(=O)[C@]1(C)[C@H](C[C@H]1C(=O)C=C[C@]2(O)C[C@@H](O)CC[C@]12C)OC(=O)/C=C\c1ccccc1. The van der Waals surface area contributed by atoms with E-state index in [2.05, 4.69) is 0 Å². The molecule has 2 N–H and O–H groups in total. The fourth-order valence-corrected chi connectivity index (χ4v) is 6.74. The summed E-state index contributed by atoms with van der Waals surface area (Å²) < 4.78 is 5.93. The monoisotopic (exact) mass is 508 g/mol. The lowest BCUT2D eigenvalue weighted by atomic mass is 9.52. The van der Waals surface area contributed by atoms with Crippen LogP contribution in [0.15, 0.2) is 48.6 Å². The number of ketones is 3. The number of Topliss-reactive ketones (excluding diaryl/α,β-unsaturated/α-hetero) is 2. The number of aliphatic hydroxyl groups is 2. The maximum atomic E-state index is 13.3. The molecule has 0 bridgehead atoms. The van der Waals surface area contributed by atoms with Gasteiger partial charge in [0, 0.05) is 36.2 Å². The quantitative estimate of drug-likeness (QED) is 0.427. The lowest BCUT2D eigenvalue weighted by Crippen LogP contribution is -2.59. The van der Waals surface area contributed by atoms with E-state index in [1.54, 1.807) is 13.0 Å². The number of carbonyl (C=O) groups is 4. The standard InChI is InChI=1S/C30H36O7/c1-19(31)22-10-11-25(34)29(22,3)26(37-27(35)12-9-20-7-5-4-6-8-20)17-23-24(33)14-16-30(36)18-21(32)13-15-28(23,30)2/h4-9,12,14,16,21-23,26,32,36H,10-11,13,15,17-18H2,1-3H3/b12-9-/t21-,22+,23-,26-,28+,29+,30-/m0/s1. The summed E-state index contributed by atoms with van der Waals surface area (Å²) in [6.07, 6.45) is 5.43. The van der Waals surface area contributed by atoms with E-state index in [-0.39, 0.29) is 36.6 Å². The molecular formula is C30H36O7. The van der Waals surface area contributed by atoms with Gasteiger partial charge < -0.3 is 14.9 Å². The molecule has 0 spiro atoms. The molecule has 3 aliphatic rings. The molecule has 0 amide bonds. The van der Waals surface area contributed by atoms with Gasteiger partial charge in [-0.2, -0.15) is 0 Å². The number of allylic oxidation sites excluding steroid dienone is 1. The molecule has 2 saturated carbocycles. The molecule has 3 aliphatic carbocycles. The number of benzene rings is 1. The van der Waals surface area contributed by atoms with E-state index in [4.69, 9.17) is 4.74 Å². The number of ether oxygens (including phenoxy) is 1. The summed E-state index contributed by atoms with van der Waals surface area (Å²) in [7, 11) is 0. The fourth-order valence-electron chi connectivity index (χ4n) is 6.74. The highest BCUT2D eigenvalue weighted by Gasteiger charge is 2.61. The second-order valence-corrected chi connectivity index (χ2v) is 11.3. The minimum atomic E-state index is -1.41. The van der Waals surface area contributed by atoms with Gasteiger partial charge in [-0.3, -0.25) is 14.4 Å². The third-order valence-corrected chi connectivity index (χ3v) is 9.23. The van der Waals surface area contributed by atoms with Crippen molar-refractivity contribution in [2.24, 2.45) is 22.7 Å². The summed E-state index contributed by atoms with van der Waals surface area (Å²) in [5.41, 5.74) is -2.82. The van der Waals surface area contributed by atoms with Gasteiger partial charge >= 0.3 is 5.97 Å². The summed E-state index contributed by atoms with van der Waals surface area (Å²) in [5, 5.41) is 21.7. The van der Waals surface area contributed by atoms with Crippen molar-refractivity contribution in [3.05, 3.63) is 54.1 Å². The van der Waals surface area contributed by atoms with Crippen molar-refractivity contribution in [3.63, 3.8) is 0 Å². The van der Waals surface area contributed by atoms with Gasteiger partial charge in [0.05, 0.1) is 17.1 Å². The molecule has 37 heavy (non-hydrogen) atoms. The average molecular weight is 509 g/mol. The first-order chi connectivity index (χ1) is 17.4. The van der Waals surface area contributed by atoms with Gasteiger partial charge in [0.1, 0.15) is 17.7 Å². The highest BCUT2D eigenvalue weighted by atomic mass is 16.5. The highest BCUT2D eigenvalue weighted by molar-refractivity contribution is 5.97. The molecule has 7 atom stereocenters. The Kier molecular flexibility index (Phi) is 7.41. The van der Waals surface area contributed by atoms with Crippen LogP contribution in [0.25, 0.3) is 6.08 Å². The minimum Gasteiger partial charge on any atom is -0.458 e. The summed E-state index contributed by atoms with van der Waals surface area (Å²) in [4.78, 5) is 52.1. The highest BCUT2D eigenvalue weighted by Crippen LogP contribution is 2.56. The Morgan fingerprint density at radius 3 is 2.54 bits per heavy atom. The Labute approximate surface area is 217 Å². The van der Waals surface area contributed by atoms with Gasteiger partial charge in [-0.15, -0.1) is 0 Å². The molecular weight excluding hydrogens is 472 g/mol. The van der Waals surface area contributed by atoms with E-state index in [1.165, 1.54) is 25.2 Å². The van der Waals surface area contributed by atoms with Crippen LogP contribution in [0, 0.1) is 22.7 Å². The normalized spacial score (nSPS) is 36.4. The molecule has 0 aromatic heterocycles. The number of aliphatic hydroxyl groups excluding tert-OH is 1. The van der Waals surface area contributed by atoms with Gasteiger partial charge in [0.15, 0.2) is 5.78 Å². The zero-order valence-corrected chi connectivity index (χ0v) is 21.7. The third-order valence-electron chi connectivity index (χ3n) is 9.23. The van der Waals surface area contributed by atoms with Crippen LogP contribution in [-0.2, 0) is 23.9 Å². The van der Waals surface area contributed by atoms with Gasteiger partial charge in [-0.1, -0.05) is 37.3 Å². The van der Waals surface area contributed by atoms with Crippen LogP contribution in [0.4, 0.5) is 0 Å². The first-order valence-corrected chi connectivity index (χ1v) is 13.0. The number of carbonyl (C=O) groups excluding carboxylic acids is 4. The van der Waals surface area contributed by atoms with Crippen molar-refractivity contribution >= 4 is 29.4 Å². The van der Waals surface area contributed by atoms with E-state index in [9.17, 15) is 29.4 Å². The lowest BCUT2D eigenvalue weighted by molar-refractivity contribution is -0.172. The molecule has 0 aliphatic heterocycles. The number of hydrogen-bond donors (Lipinski definition) is 2. The van der Waals surface area contributed by atoms with E-state index in [1.807, 2.05) is 37.3 Å². The largest absolute Gasteiger partial charge is 0.458 e. The van der Waals surface area contributed by atoms with Crippen LogP contribution < -0.4 is 0 Å². The fraction of sp³-hybridized carbons (Fsp3) is 0.533. The van der Waals surface area contributed by atoms with Crippen LogP contribution in [0.5, 0.6) is 0 Å². The van der Waals surface area contributed by atoms with Crippen LogP contribution in [0.2, 0.25) is 0 Å². The Morgan fingerprint density at radius 2 is 1.86 bits per heavy atom. The second kappa shape index (κ2) is 10.1. The minimum absolute atomic E-state index is 0.00494. The molecule has 0 radical (unpaired) electrons. The summed E-state index contributed by atoms with van der Waals surface area (Å²) in [5.74, 6) is -2.62. The number of fused-ring (bicyclic) bond motifs is 1. The Bertz CT molecular complexity index is 1140. The van der Waals surface area contributed by atoms with Crippen molar-refractivity contribution in [1.82, 2.24) is 0 Å². The molecule has 1 aromatic carbocycles. The van der Waals surface area contributed by atoms with E-state index < -0.39 is 46.4 Å². The Morgan fingerprint density at radius 1 is 1.16 bits per heavy atom. The van der Waals surface area contributed by atoms with E-state index in [0.717, 1.165) is 5.56 Å². The molecule has 0 saturated heterocycles. The topological polar surface area (TPSA) is 118 Å². The number of esters is 1. The van der Waals surface area contributed by atoms with Crippen molar-refractivity contribution < 1.29 is 34.1 Å². The third kappa shape index (κ3) is 4.87. The first kappa shape index (κ1) is 27.1. The molecule has 1 aromatic rings. The molecule has 7 heteroatoms. The maximum absolute atomic E-state index is 13.3. The van der Waals surface area contributed by atoms with Crippen molar-refractivity contribution in [2.75, 3.05) is 0 Å². The number of hydrogen-bond acceptors (Lipinski definition) is 7. The van der Waals surface area contributed by atoms with E-state index in [0.29, 0.717) is 19.3 Å². The molecule has 0 heterocycles. The van der Waals surface area contributed by atoms with Gasteiger partial charge in [-0.25, -0.2) is 4.79 Å². The van der Waals surface area contributed by atoms with Gasteiger partial charge in [-0.05, 0) is 63.3 Å². The molecule has 7 nitrogen and oxygen atoms in total.